The van der Waals surface area contributed by atoms with Crippen LogP contribution >= 0.6 is 0 Å². The third-order valence-corrected chi connectivity index (χ3v) is 7.58. The monoisotopic (exact) mass is 604 g/mol. The highest BCUT2D eigenvalue weighted by Gasteiger charge is 2.09. The van der Waals surface area contributed by atoms with Crippen molar-refractivity contribution in [2.24, 2.45) is 0 Å². The third kappa shape index (κ3) is 8.85. The Bertz CT molecular complexity index is 1560. The smallest absolute Gasteiger partial charge is 0.0894 e. The van der Waals surface area contributed by atoms with Gasteiger partial charge in [-0.3, -0.25) is 19.9 Å². The Labute approximate surface area is 272 Å². The maximum absolute atomic E-state index is 5.14. The summed E-state index contributed by atoms with van der Waals surface area (Å²) >= 11 is 0. The average Bonchev–Trinajstić information content (AvgIpc) is 3.12. The molecule has 0 spiro atoms. The molecule has 0 unspecified atom stereocenters. The molecule has 5 rings (SSSR count). The van der Waals surface area contributed by atoms with E-state index in [9.17, 15) is 0 Å². The van der Waals surface area contributed by atoms with Gasteiger partial charge in [0.25, 0.3) is 0 Å². The van der Waals surface area contributed by atoms with Crippen LogP contribution < -0.4 is 0 Å². The van der Waals surface area contributed by atoms with Crippen LogP contribution in [0.4, 0.5) is 0 Å². The number of hydrogen-bond acceptors (Lipinski definition) is 6. The van der Waals surface area contributed by atoms with E-state index >= 15 is 0 Å². The Hall–Kier alpha value is -5.36. The minimum atomic E-state index is 0.749. The standard InChI is InChI=1S/C40H40N6/c1-5-33-17-9-29(25-41-33)13-21-37-38(22-14-30-10-18-34(6-2)42-26-30)46-40(24-16-32-12-20-36(8-4)44-28-32)39(45-37)23-15-31-11-19-35(7-3)43-27-31/h9-28H,5-8H2,1-4H3. The Morgan fingerprint density at radius 3 is 0.761 bits per heavy atom. The minimum absolute atomic E-state index is 0.749. The van der Waals surface area contributed by atoms with Gasteiger partial charge in [-0.2, -0.15) is 0 Å². The third-order valence-electron chi connectivity index (χ3n) is 7.58. The van der Waals surface area contributed by atoms with Gasteiger partial charge in [-0.25, -0.2) is 9.97 Å². The molecule has 5 aromatic heterocycles. The minimum Gasteiger partial charge on any atom is -0.261 e. The van der Waals surface area contributed by atoms with Crippen LogP contribution in [0.25, 0.3) is 48.6 Å². The van der Waals surface area contributed by atoms with Gasteiger partial charge in [-0.1, -0.05) is 76.3 Å². The molecular weight excluding hydrogens is 564 g/mol. The average molecular weight is 605 g/mol. The van der Waals surface area contributed by atoms with Crippen molar-refractivity contribution in [3.8, 4) is 0 Å². The highest BCUT2D eigenvalue weighted by Crippen LogP contribution is 2.20. The van der Waals surface area contributed by atoms with Crippen LogP contribution in [-0.4, -0.2) is 29.9 Å². The molecule has 230 valence electrons. The second-order valence-corrected chi connectivity index (χ2v) is 10.8. The molecule has 5 aromatic rings. The van der Waals surface area contributed by atoms with Crippen LogP contribution in [0.1, 0.15) is 95.5 Å². The van der Waals surface area contributed by atoms with E-state index in [1.165, 1.54) is 0 Å². The summed E-state index contributed by atoms with van der Waals surface area (Å²) in [5.41, 5.74) is 11.2. The molecular formula is C40H40N6. The molecule has 0 saturated heterocycles. The number of hydrogen-bond donors (Lipinski definition) is 0. The molecule has 0 bridgehead atoms. The second kappa shape index (κ2) is 16.1. The Morgan fingerprint density at radius 2 is 0.587 bits per heavy atom. The molecule has 0 N–H and O–H groups in total. The summed E-state index contributed by atoms with van der Waals surface area (Å²) < 4.78 is 0. The van der Waals surface area contributed by atoms with Crippen LogP contribution in [0.5, 0.6) is 0 Å². The number of nitrogens with zero attached hydrogens (tertiary/aromatic N) is 6. The molecule has 0 aromatic carbocycles. The van der Waals surface area contributed by atoms with Crippen LogP contribution in [0.15, 0.2) is 73.3 Å². The topological polar surface area (TPSA) is 77.3 Å². The Kier molecular flexibility index (Phi) is 11.2. The van der Waals surface area contributed by atoms with Gasteiger partial charge < -0.3 is 0 Å². The first-order chi connectivity index (χ1) is 22.6. The van der Waals surface area contributed by atoms with Crippen LogP contribution in [0, 0.1) is 0 Å². The van der Waals surface area contributed by atoms with Crippen molar-refractivity contribution in [1.82, 2.24) is 29.9 Å². The quantitative estimate of drug-likeness (QED) is 0.141. The second-order valence-electron chi connectivity index (χ2n) is 10.8. The lowest BCUT2D eigenvalue weighted by molar-refractivity contribution is 1.03. The zero-order valence-corrected chi connectivity index (χ0v) is 27.1. The molecule has 0 aliphatic rings. The summed E-state index contributed by atoms with van der Waals surface area (Å²) in [6, 6.07) is 16.5. The van der Waals surface area contributed by atoms with Crippen molar-refractivity contribution in [1.29, 1.82) is 0 Å². The molecule has 6 nitrogen and oxygen atoms in total. The highest BCUT2D eigenvalue weighted by molar-refractivity contribution is 5.81. The lowest BCUT2D eigenvalue weighted by atomic mass is 10.1. The van der Waals surface area contributed by atoms with Gasteiger partial charge in [-0.15, -0.1) is 0 Å². The molecule has 0 aliphatic heterocycles. The van der Waals surface area contributed by atoms with Crippen LogP contribution in [0.3, 0.4) is 0 Å². The number of aryl methyl sites for hydroxylation is 4. The summed E-state index contributed by atoms with van der Waals surface area (Å²) in [6.07, 6.45) is 27.3. The van der Waals surface area contributed by atoms with E-state index in [1.54, 1.807) is 0 Å². The van der Waals surface area contributed by atoms with E-state index < -0.39 is 0 Å². The van der Waals surface area contributed by atoms with Gasteiger partial charge in [0, 0.05) is 47.6 Å². The summed E-state index contributed by atoms with van der Waals surface area (Å²) in [5.74, 6) is 0. The fourth-order valence-electron chi connectivity index (χ4n) is 4.65. The van der Waals surface area contributed by atoms with Crippen molar-refractivity contribution in [2.45, 2.75) is 53.4 Å². The summed E-state index contributed by atoms with van der Waals surface area (Å²) in [6.45, 7) is 8.42. The van der Waals surface area contributed by atoms with Crippen molar-refractivity contribution >= 4 is 48.6 Å². The van der Waals surface area contributed by atoms with Gasteiger partial charge in [0.1, 0.15) is 0 Å². The summed E-state index contributed by atoms with van der Waals surface area (Å²) in [4.78, 5) is 28.5. The van der Waals surface area contributed by atoms with Gasteiger partial charge in [0.15, 0.2) is 0 Å². The summed E-state index contributed by atoms with van der Waals surface area (Å²) in [7, 11) is 0. The molecule has 0 amide bonds. The van der Waals surface area contributed by atoms with Crippen molar-refractivity contribution in [2.75, 3.05) is 0 Å². The van der Waals surface area contributed by atoms with Crippen molar-refractivity contribution < 1.29 is 0 Å². The predicted octanol–water partition coefficient (Wildman–Crippen LogP) is 8.99. The van der Waals surface area contributed by atoms with Crippen LogP contribution in [-0.2, 0) is 25.7 Å². The maximum atomic E-state index is 5.14. The van der Waals surface area contributed by atoms with Crippen molar-refractivity contribution in [3.63, 3.8) is 0 Å². The summed E-state index contributed by atoms with van der Waals surface area (Å²) in [5, 5.41) is 0. The number of pyridine rings is 4. The predicted molar refractivity (Wildman–Crippen MR) is 192 cm³/mol. The fraction of sp³-hybridized carbons (Fsp3) is 0.200. The van der Waals surface area contributed by atoms with E-state index in [1.807, 2.05) is 73.4 Å². The Morgan fingerprint density at radius 1 is 0.348 bits per heavy atom. The van der Waals surface area contributed by atoms with Gasteiger partial charge in [-0.05, 0) is 96.5 Å². The SMILES string of the molecule is CCc1ccc(C=Cc2nc(C=Cc3ccc(CC)nc3)c(C=Cc3ccc(CC)nc3)nc2C=Cc2ccc(CC)nc2)cn1. The first-order valence-corrected chi connectivity index (χ1v) is 16.0. The molecule has 6 heteroatoms. The number of rotatable bonds is 12. The lowest BCUT2D eigenvalue weighted by Crippen LogP contribution is -2.00. The van der Waals surface area contributed by atoms with Gasteiger partial charge in [0.2, 0.25) is 0 Å². The largest absolute Gasteiger partial charge is 0.261 e. The van der Waals surface area contributed by atoms with Crippen molar-refractivity contribution in [3.05, 3.63) is 141 Å². The van der Waals surface area contributed by atoms with E-state index in [0.717, 1.165) is 93.5 Å². The maximum Gasteiger partial charge on any atom is 0.0894 e. The molecule has 0 radical (unpaired) electrons. The molecule has 0 saturated carbocycles. The Balaban J connectivity index is 1.58. The molecule has 0 aliphatic carbocycles. The lowest BCUT2D eigenvalue weighted by Gasteiger charge is -2.08. The highest BCUT2D eigenvalue weighted by atomic mass is 14.8. The van der Waals surface area contributed by atoms with Gasteiger partial charge >= 0.3 is 0 Å². The first kappa shape index (κ1) is 32.0. The molecule has 46 heavy (non-hydrogen) atoms. The molecule has 0 atom stereocenters. The first-order valence-electron chi connectivity index (χ1n) is 16.0. The zero-order chi connectivity index (χ0) is 32.1. The fourth-order valence-corrected chi connectivity index (χ4v) is 4.65. The van der Waals surface area contributed by atoms with E-state index in [0.29, 0.717) is 0 Å². The molecule has 5 heterocycles. The normalized spacial score (nSPS) is 11.9. The zero-order valence-electron chi connectivity index (χ0n) is 27.1. The molecule has 0 fully saturated rings. The van der Waals surface area contributed by atoms with E-state index in [2.05, 4.69) is 96.2 Å². The van der Waals surface area contributed by atoms with Gasteiger partial charge in [0.05, 0.1) is 22.8 Å². The van der Waals surface area contributed by atoms with Crippen LogP contribution in [0.2, 0.25) is 0 Å². The van der Waals surface area contributed by atoms with E-state index in [4.69, 9.17) is 9.97 Å². The number of aromatic nitrogens is 6. The van der Waals surface area contributed by atoms with E-state index in [-0.39, 0.29) is 0 Å².